The lowest BCUT2D eigenvalue weighted by Crippen LogP contribution is -2.46. The Balaban J connectivity index is 2.73. The number of hydrogen-bond donors (Lipinski definition) is 1. The fourth-order valence-electron chi connectivity index (χ4n) is 1.67. The van der Waals surface area contributed by atoms with E-state index in [1.54, 1.807) is 0 Å². The van der Waals surface area contributed by atoms with Gasteiger partial charge < -0.3 is 9.74 Å². The van der Waals surface area contributed by atoms with E-state index in [1.165, 1.54) is 5.57 Å². The molecule has 98 valence electrons. The van der Waals surface area contributed by atoms with Gasteiger partial charge in [0.15, 0.2) is 8.32 Å². The average Bonchev–Trinajstić information content (AvgIpc) is 2.67. The normalized spacial score (nSPS) is 18.4. The second kappa shape index (κ2) is 5.51. The maximum Gasteiger partial charge on any atom is 0.192 e. The summed E-state index contributed by atoms with van der Waals surface area (Å²) in [5, 5.41) is 3.52. The molecular formula is C14H27NOSi. The first-order valence-electron chi connectivity index (χ1n) is 6.46. The van der Waals surface area contributed by atoms with Crippen molar-refractivity contribution in [2.24, 2.45) is 0 Å². The van der Waals surface area contributed by atoms with Gasteiger partial charge in [0.1, 0.15) is 0 Å². The third-order valence-electron chi connectivity index (χ3n) is 3.85. The van der Waals surface area contributed by atoms with Crippen molar-refractivity contribution in [2.75, 3.05) is 13.6 Å². The van der Waals surface area contributed by atoms with Gasteiger partial charge in [0.25, 0.3) is 0 Å². The Labute approximate surface area is 107 Å². The summed E-state index contributed by atoms with van der Waals surface area (Å²) >= 11 is 0. The van der Waals surface area contributed by atoms with E-state index in [-0.39, 0.29) is 11.1 Å². The van der Waals surface area contributed by atoms with Gasteiger partial charge in [-0.2, -0.15) is 0 Å². The quantitative estimate of drug-likeness (QED) is 0.757. The Kier molecular flexibility index (Phi) is 4.75. The minimum atomic E-state index is -1.68. The highest BCUT2D eigenvalue weighted by atomic mass is 28.4. The van der Waals surface area contributed by atoms with Crippen LogP contribution in [0.25, 0.3) is 0 Å². The lowest BCUT2D eigenvalue weighted by molar-refractivity contribution is 0.211. The highest BCUT2D eigenvalue weighted by Crippen LogP contribution is 2.38. The standard InChI is InChI=1S/C14H27NOSi/c1-14(2,3)17(5,6)16-13(11-15-4)12-9-7-8-10-12/h7-9,13,15H,10-11H2,1-6H3/t13-/m0/s1. The summed E-state index contributed by atoms with van der Waals surface area (Å²) in [5.74, 6) is 0. The van der Waals surface area contributed by atoms with Crippen LogP contribution >= 0.6 is 0 Å². The molecule has 3 heteroatoms. The van der Waals surface area contributed by atoms with Crippen LogP contribution in [0.5, 0.6) is 0 Å². The fourth-order valence-corrected chi connectivity index (χ4v) is 2.97. The number of likely N-dealkylation sites (N-methyl/N-ethyl adjacent to an activating group) is 1. The predicted molar refractivity (Wildman–Crippen MR) is 77.8 cm³/mol. The Hall–Kier alpha value is -0.383. The first-order chi connectivity index (χ1) is 7.78. The first kappa shape index (κ1) is 14.7. The number of allylic oxidation sites excluding steroid dienone is 3. The van der Waals surface area contributed by atoms with Crippen molar-refractivity contribution in [3.63, 3.8) is 0 Å². The van der Waals surface area contributed by atoms with E-state index in [1.807, 2.05) is 7.05 Å². The van der Waals surface area contributed by atoms with E-state index in [0.717, 1.165) is 13.0 Å². The average molecular weight is 253 g/mol. The largest absolute Gasteiger partial charge is 0.409 e. The molecule has 2 nitrogen and oxygen atoms in total. The summed E-state index contributed by atoms with van der Waals surface area (Å²) < 4.78 is 6.49. The zero-order valence-corrected chi connectivity index (χ0v) is 13.1. The molecule has 1 aliphatic carbocycles. The van der Waals surface area contributed by atoms with Gasteiger partial charge in [0, 0.05) is 6.54 Å². The molecular weight excluding hydrogens is 226 g/mol. The van der Waals surface area contributed by atoms with Crippen molar-refractivity contribution in [2.45, 2.75) is 51.4 Å². The molecule has 1 atom stereocenters. The molecule has 0 fully saturated rings. The van der Waals surface area contributed by atoms with Crippen LogP contribution in [0.1, 0.15) is 27.2 Å². The third kappa shape index (κ3) is 3.80. The summed E-state index contributed by atoms with van der Waals surface area (Å²) in [6, 6.07) is 0. The van der Waals surface area contributed by atoms with E-state index in [4.69, 9.17) is 4.43 Å². The summed E-state index contributed by atoms with van der Waals surface area (Å²) in [4.78, 5) is 0. The van der Waals surface area contributed by atoms with Gasteiger partial charge in [-0.25, -0.2) is 0 Å². The Bertz CT molecular complexity index is 313. The smallest absolute Gasteiger partial charge is 0.192 e. The lowest BCUT2D eigenvalue weighted by atomic mass is 10.1. The Morgan fingerprint density at radius 2 is 2.06 bits per heavy atom. The topological polar surface area (TPSA) is 21.3 Å². The summed E-state index contributed by atoms with van der Waals surface area (Å²) in [5.41, 5.74) is 1.41. The first-order valence-corrected chi connectivity index (χ1v) is 9.37. The molecule has 0 spiro atoms. The minimum Gasteiger partial charge on any atom is -0.409 e. The number of nitrogens with one attached hydrogen (secondary N) is 1. The second-order valence-electron chi connectivity index (χ2n) is 6.30. The van der Waals surface area contributed by atoms with E-state index in [2.05, 4.69) is 57.4 Å². The summed E-state index contributed by atoms with van der Waals surface area (Å²) in [7, 11) is 0.310. The molecule has 0 aromatic rings. The van der Waals surface area contributed by atoms with Gasteiger partial charge in [-0.1, -0.05) is 39.0 Å². The molecule has 0 saturated heterocycles. The Morgan fingerprint density at radius 1 is 1.41 bits per heavy atom. The Morgan fingerprint density at radius 3 is 2.47 bits per heavy atom. The van der Waals surface area contributed by atoms with Crippen LogP contribution in [0, 0.1) is 0 Å². The van der Waals surface area contributed by atoms with Crippen molar-refractivity contribution < 1.29 is 4.43 Å². The zero-order valence-electron chi connectivity index (χ0n) is 12.1. The number of hydrogen-bond acceptors (Lipinski definition) is 2. The maximum atomic E-state index is 6.49. The molecule has 0 unspecified atom stereocenters. The molecule has 0 radical (unpaired) electrons. The number of rotatable bonds is 5. The minimum absolute atomic E-state index is 0.232. The molecule has 1 N–H and O–H groups in total. The molecule has 0 aromatic carbocycles. The molecule has 17 heavy (non-hydrogen) atoms. The van der Waals surface area contributed by atoms with Gasteiger partial charge >= 0.3 is 0 Å². The van der Waals surface area contributed by atoms with Crippen LogP contribution in [0.15, 0.2) is 23.8 Å². The van der Waals surface area contributed by atoms with Crippen molar-refractivity contribution >= 4 is 8.32 Å². The van der Waals surface area contributed by atoms with Gasteiger partial charge in [-0.05, 0) is 37.2 Å². The van der Waals surface area contributed by atoms with Crippen molar-refractivity contribution in [3.8, 4) is 0 Å². The highest BCUT2D eigenvalue weighted by molar-refractivity contribution is 6.74. The van der Waals surface area contributed by atoms with E-state index in [0.29, 0.717) is 0 Å². The van der Waals surface area contributed by atoms with E-state index < -0.39 is 8.32 Å². The van der Waals surface area contributed by atoms with Gasteiger partial charge in [-0.15, -0.1) is 0 Å². The van der Waals surface area contributed by atoms with E-state index >= 15 is 0 Å². The summed E-state index contributed by atoms with van der Waals surface area (Å²) in [6.45, 7) is 12.4. The van der Waals surface area contributed by atoms with Crippen LogP contribution < -0.4 is 5.32 Å². The van der Waals surface area contributed by atoms with Crippen molar-refractivity contribution in [3.05, 3.63) is 23.8 Å². The molecule has 1 rings (SSSR count). The van der Waals surface area contributed by atoms with Crippen molar-refractivity contribution in [1.82, 2.24) is 5.32 Å². The van der Waals surface area contributed by atoms with Crippen LogP contribution in [-0.4, -0.2) is 28.0 Å². The third-order valence-corrected chi connectivity index (χ3v) is 8.33. The lowest BCUT2D eigenvalue weighted by Gasteiger charge is -2.39. The predicted octanol–water partition coefficient (Wildman–Crippen LogP) is 3.48. The maximum absolute atomic E-state index is 6.49. The fraction of sp³-hybridized carbons (Fsp3) is 0.714. The molecule has 0 aliphatic heterocycles. The molecule has 0 heterocycles. The van der Waals surface area contributed by atoms with Crippen LogP contribution in [-0.2, 0) is 4.43 Å². The molecule has 0 aromatic heterocycles. The second-order valence-corrected chi connectivity index (χ2v) is 11.1. The van der Waals surface area contributed by atoms with Crippen LogP contribution in [0.3, 0.4) is 0 Å². The van der Waals surface area contributed by atoms with Crippen LogP contribution in [0.4, 0.5) is 0 Å². The SMILES string of the molecule is CNC[C@H](O[Si](C)(C)C(C)(C)C)C1=CC=CC1. The van der Waals surface area contributed by atoms with Gasteiger partial charge in [0.05, 0.1) is 6.10 Å². The highest BCUT2D eigenvalue weighted by Gasteiger charge is 2.39. The molecule has 0 saturated carbocycles. The molecule has 0 bridgehead atoms. The van der Waals surface area contributed by atoms with Gasteiger partial charge in [-0.3, -0.25) is 0 Å². The monoisotopic (exact) mass is 253 g/mol. The summed E-state index contributed by atoms with van der Waals surface area (Å²) in [6.07, 6.45) is 7.81. The van der Waals surface area contributed by atoms with Crippen molar-refractivity contribution in [1.29, 1.82) is 0 Å². The van der Waals surface area contributed by atoms with Crippen LogP contribution in [0.2, 0.25) is 18.1 Å². The molecule has 1 aliphatic rings. The zero-order chi connectivity index (χ0) is 13.1. The molecule has 0 amide bonds. The van der Waals surface area contributed by atoms with Gasteiger partial charge in [0.2, 0.25) is 0 Å². The van der Waals surface area contributed by atoms with E-state index in [9.17, 15) is 0 Å².